The predicted molar refractivity (Wildman–Crippen MR) is 96.9 cm³/mol. The van der Waals surface area contributed by atoms with E-state index in [1.165, 1.54) is 30.1 Å². The van der Waals surface area contributed by atoms with E-state index in [0.717, 1.165) is 0 Å². The first-order valence-electron chi connectivity index (χ1n) is 8.09. The van der Waals surface area contributed by atoms with Gasteiger partial charge in [-0.05, 0) is 36.4 Å². The summed E-state index contributed by atoms with van der Waals surface area (Å²) in [6, 6.07) is 14.5. The highest BCUT2D eigenvalue weighted by Crippen LogP contribution is 2.24. The van der Waals surface area contributed by atoms with E-state index >= 15 is 0 Å². The van der Waals surface area contributed by atoms with Gasteiger partial charge in [-0.15, -0.1) is 5.11 Å². The van der Waals surface area contributed by atoms with Crippen LogP contribution in [0.1, 0.15) is 16.8 Å². The second-order valence-corrected chi connectivity index (χ2v) is 5.53. The van der Waals surface area contributed by atoms with Crippen molar-refractivity contribution >= 4 is 23.3 Å². The molecule has 138 valence electrons. The fourth-order valence-electron chi connectivity index (χ4n) is 2.02. The zero-order valence-electron chi connectivity index (χ0n) is 14.7. The van der Waals surface area contributed by atoms with Crippen LogP contribution in [0, 0.1) is 11.3 Å². The SMILES string of the molecule is CN(CCC#N)C(=O)COC(=O)c1ccccc1N=Nc1ccc(O)cc1. The van der Waals surface area contributed by atoms with Crippen molar-refractivity contribution in [3.05, 3.63) is 54.1 Å². The molecule has 2 rings (SSSR count). The van der Waals surface area contributed by atoms with Gasteiger partial charge >= 0.3 is 5.97 Å². The molecule has 0 spiro atoms. The molecule has 8 nitrogen and oxygen atoms in total. The summed E-state index contributed by atoms with van der Waals surface area (Å²) in [6.45, 7) is -0.158. The van der Waals surface area contributed by atoms with E-state index in [-0.39, 0.29) is 24.3 Å². The van der Waals surface area contributed by atoms with Crippen molar-refractivity contribution in [1.29, 1.82) is 5.26 Å². The maximum Gasteiger partial charge on any atom is 0.340 e. The maximum atomic E-state index is 12.3. The number of phenols is 1. The Kier molecular flexibility index (Phi) is 7.02. The van der Waals surface area contributed by atoms with Crippen LogP contribution in [0.5, 0.6) is 5.75 Å². The molecule has 0 aliphatic rings. The molecule has 0 heterocycles. The lowest BCUT2D eigenvalue weighted by Gasteiger charge is -2.15. The van der Waals surface area contributed by atoms with Gasteiger partial charge < -0.3 is 14.7 Å². The fourth-order valence-corrected chi connectivity index (χ4v) is 2.02. The Bertz CT molecular complexity index is 872. The maximum absolute atomic E-state index is 12.3. The van der Waals surface area contributed by atoms with E-state index in [1.54, 1.807) is 30.3 Å². The highest BCUT2D eigenvalue weighted by Gasteiger charge is 2.16. The Hall–Kier alpha value is -3.73. The van der Waals surface area contributed by atoms with Crippen molar-refractivity contribution in [2.45, 2.75) is 6.42 Å². The van der Waals surface area contributed by atoms with E-state index in [1.807, 2.05) is 6.07 Å². The number of nitriles is 1. The largest absolute Gasteiger partial charge is 0.508 e. The quantitative estimate of drug-likeness (QED) is 0.596. The number of aromatic hydroxyl groups is 1. The predicted octanol–water partition coefficient (Wildman–Crippen LogP) is 3.34. The number of nitrogens with zero attached hydrogens (tertiary/aromatic N) is 4. The van der Waals surface area contributed by atoms with Crippen LogP contribution < -0.4 is 0 Å². The smallest absolute Gasteiger partial charge is 0.340 e. The molecule has 27 heavy (non-hydrogen) atoms. The first kappa shape index (κ1) is 19.6. The second-order valence-electron chi connectivity index (χ2n) is 5.53. The highest BCUT2D eigenvalue weighted by molar-refractivity contribution is 5.96. The summed E-state index contributed by atoms with van der Waals surface area (Å²) >= 11 is 0. The molecule has 1 amide bonds. The number of benzene rings is 2. The van der Waals surface area contributed by atoms with Crippen LogP contribution >= 0.6 is 0 Å². The molecule has 2 aromatic rings. The summed E-state index contributed by atoms with van der Waals surface area (Å²) in [5.74, 6) is -0.985. The minimum absolute atomic E-state index is 0.113. The summed E-state index contributed by atoms with van der Waals surface area (Å²) in [5, 5.41) is 25.9. The number of phenolic OH excluding ortho intramolecular Hbond substituents is 1. The molecule has 1 N–H and O–H groups in total. The van der Waals surface area contributed by atoms with E-state index in [4.69, 9.17) is 10.00 Å². The van der Waals surface area contributed by atoms with Crippen LogP contribution in [0.25, 0.3) is 0 Å². The number of amides is 1. The Morgan fingerprint density at radius 2 is 1.85 bits per heavy atom. The molecule has 2 aromatic carbocycles. The van der Waals surface area contributed by atoms with Crippen molar-refractivity contribution < 1.29 is 19.4 Å². The molecule has 0 saturated carbocycles. The minimum Gasteiger partial charge on any atom is -0.508 e. The van der Waals surface area contributed by atoms with Crippen molar-refractivity contribution in [1.82, 2.24) is 4.90 Å². The average molecular weight is 366 g/mol. The summed E-state index contributed by atoms with van der Waals surface area (Å²) in [7, 11) is 1.54. The monoisotopic (exact) mass is 366 g/mol. The van der Waals surface area contributed by atoms with Gasteiger partial charge in [0, 0.05) is 13.6 Å². The Morgan fingerprint density at radius 3 is 2.56 bits per heavy atom. The second kappa shape index (κ2) is 9.68. The Balaban J connectivity index is 2.03. The van der Waals surface area contributed by atoms with Gasteiger partial charge in [-0.2, -0.15) is 10.4 Å². The summed E-state index contributed by atoms with van der Waals surface area (Å²) < 4.78 is 5.05. The third kappa shape index (κ3) is 5.93. The molecule has 0 aliphatic carbocycles. The van der Waals surface area contributed by atoms with E-state index in [2.05, 4.69) is 10.2 Å². The molecule has 0 bridgehead atoms. The average Bonchev–Trinajstić information content (AvgIpc) is 2.69. The number of carbonyl (C=O) groups excluding carboxylic acids is 2. The number of hydrogen-bond acceptors (Lipinski definition) is 7. The Labute approximate surface area is 156 Å². The van der Waals surface area contributed by atoms with E-state index in [9.17, 15) is 14.7 Å². The zero-order chi connectivity index (χ0) is 19.6. The fraction of sp³-hybridized carbons (Fsp3) is 0.211. The normalized spacial score (nSPS) is 10.4. The van der Waals surface area contributed by atoms with Crippen LogP contribution in [0.3, 0.4) is 0 Å². The molecule has 0 aliphatic heterocycles. The van der Waals surface area contributed by atoms with Gasteiger partial charge in [0.15, 0.2) is 6.61 Å². The zero-order valence-corrected chi connectivity index (χ0v) is 14.7. The molecular weight excluding hydrogens is 348 g/mol. The number of likely N-dealkylation sites (N-methyl/N-ethyl adjacent to an activating group) is 1. The molecule has 0 radical (unpaired) electrons. The highest BCUT2D eigenvalue weighted by atomic mass is 16.5. The van der Waals surface area contributed by atoms with E-state index < -0.39 is 18.5 Å². The van der Waals surface area contributed by atoms with Gasteiger partial charge in [0.05, 0.1) is 23.7 Å². The Morgan fingerprint density at radius 1 is 1.15 bits per heavy atom. The molecule has 8 heteroatoms. The van der Waals surface area contributed by atoms with Gasteiger partial charge in [0.1, 0.15) is 11.4 Å². The van der Waals surface area contributed by atoms with Crippen molar-refractivity contribution in [3.63, 3.8) is 0 Å². The van der Waals surface area contributed by atoms with Crippen LogP contribution in [0.2, 0.25) is 0 Å². The van der Waals surface area contributed by atoms with Crippen LogP contribution in [0.15, 0.2) is 58.8 Å². The third-order valence-electron chi connectivity index (χ3n) is 3.56. The lowest BCUT2D eigenvalue weighted by Crippen LogP contribution is -2.31. The summed E-state index contributed by atoms with van der Waals surface area (Å²) in [4.78, 5) is 25.5. The van der Waals surface area contributed by atoms with Gasteiger partial charge in [-0.25, -0.2) is 4.79 Å². The third-order valence-corrected chi connectivity index (χ3v) is 3.56. The summed E-state index contributed by atoms with van der Waals surface area (Å²) in [5.41, 5.74) is 0.971. The number of azo groups is 1. The number of carbonyl (C=O) groups is 2. The van der Waals surface area contributed by atoms with Gasteiger partial charge in [0.25, 0.3) is 5.91 Å². The van der Waals surface area contributed by atoms with Gasteiger partial charge in [-0.3, -0.25) is 4.79 Å². The number of esters is 1. The van der Waals surface area contributed by atoms with Crippen molar-refractivity contribution in [2.24, 2.45) is 10.2 Å². The molecule has 0 unspecified atom stereocenters. The number of hydrogen-bond donors (Lipinski definition) is 1. The number of ether oxygens (including phenoxy) is 1. The van der Waals surface area contributed by atoms with Crippen LogP contribution in [0.4, 0.5) is 11.4 Å². The van der Waals surface area contributed by atoms with Crippen molar-refractivity contribution in [2.75, 3.05) is 20.2 Å². The lowest BCUT2D eigenvalue weighted by molar-refractivity contribution is -0.133. The standard InChI is InChI=1S/C19H18N4O4/c1-23(12-4-11-20)18(25)13-27-19(26)16-5-2-3-6-17(16)22-21-14-7-9-15(24)10-8-14/h2-3,5-10,24H,4,12-13H2,1H3. The topological polar surface area (TPSA) is 115 Å². The van der Waals surface area contributed by atoms with Crippen LogP contribution in [-0.4, -0.2) is 42.1 Å². The van der Waals surface area contributed by atoms with Gasteiger partial charge in [-0.1, -0.05) is 12.1 Å². The number of rotatable bonds is 7. The minimum atomic E-state index is -0.697. The lowest BCUT2D eigenvalue weighted by atomic mass is 10.2. The first-order chi connectivity index (χ1) is 13.0. The summed E-state index contributed by atoms with van der Waals surface area (Å²) in [6.07, 6.45) is 0.205. The molecule has 0 atom stereocenters. The van der Waals surface area contributed by atoms with Crippen molar-refractivity contribution in [3.8, 4) is 11.8 Å². The van der Waals surface area contributed by atoms with Gasteiger partial charge in [0.2, 0.25) is 0 Å². The first-order valence-corrected chi connectivity index (χ1v) is 8.09. The molecule has 0 aromatic heterocycles. The molecular formula is C19H18N4O4. The molecule has 0 fully saturated rings. The van der Waals surface area contributed by atoms with E-state index in [0.29, 0.717) is 11.4 Å². The van der Waals surface area contributed by atoms with Crippen LogP contribution in [-0.2, 0) is 9.53 Å². The molecule has 0 saturated heterocycles.